The molecule has 55 heavy (non-hydrogen) atoms. The number of hydrogen-bond acceptors (Lipinski definition) is 2. The maximum atomic E-state index is 9.63. The molecular weight excluding hydrogens is 671 g/mol. The highest BCUT2D eigenvalue weighted by Gasteiger charge is 2.17. The lowest BCUT2D eigenvalue weighted by Crippen LogP contribution is -1.94. The van der Waals surface area contributed by atoms with Crippen LogP contribution in [0.25, 0.3) is 88.1 Å². The molecule has 0 aliphatic rings. The molecule has 3 heterocycles. The lowest BCUT2D eigenvalue weighted by Gasteiger charge is -2.11. The number of rotatable bonds is 10. The number of nitriles is 1. The Balaban J connectivity index is 1.04. The molecule has 10 aromatic rings. The van der Waals surface area contributed by atoms with E-state index < -0.39 is 0 Å². The largest absolute Gasteiger partial charge is 0.456 e. The third-order valence-electron chi connectivity index (χ3n) is 11.5. The minimum Gasteiger partial charge on any atom is -0.456 e. The van der Waals surface area contributed by atoms with E-state index in [1.54, 1.807) is 0 Å². The lowest BCUT2D eigenvalue weighted by atomic mass is 10.0. The van der Waals surface area contributed by atoms with E-state index in [2.05, 4.69) is 156 Å². The van der Waals surface area contributed by atoms with Gasteiger partial charge in [-0.1, -0.05) is 99.7 Å². The van der Waals surface area contributed by atoms with Gasteiger partial charge in [-0.25, -0.2) is 0 Å². The minimum absolute atomic E-state index is 0.661. The molecule has 3 aromatic heterocycles. The SMILES string of the molecule is CCCCCCCCc1ccc2c(c1)c1ccccc1n2-c1cccc(-c2ccc3oc4ccc(-n5c6ccccc6c6cc(C#N)ccc65)cc4c3c2)c1. The second-order valence-electron chi connectivity index (χ2n) is 15.0. The Morgan fingerprint density at radius 3 is 1.85 bits per heavy atom. The highest BCUT2D eigenvalue weighted by molar-refractivity contribution is 6.12. The summed E-state index contributed by atoms with van der Waals surface area (Å²) in [6, 6.07) is 54.5. The average Bonchev–Trinajstić information content (AvgIpc) is 3.88. The maximum Gasteiger partial charge on any atom is 0.135 e. The second kappa shape index (κ2) is 13.7. The van der Waals surface area contributed by atoms with Gasteiger partial charge in [-0.2, -0.15) is 5.26 Å². The van der Waals surface area contributed by atoms with Crippen molar-refractivity contribution in [2.75, 3.05) is 0 Å². The zero-order chi connectivity index (χ0) is 36.9. The van der Waals surface area contributed by atoms with Crippen molar-refractivity contribution in [2.24, 2.45) is 0 Å². The van der Waals surface area contributed by atoms with Gasteiger partial charge < -0.3 is 13.6 Å². The number of aromatic nitrogens is 2. The van der Waals surface area contributed by atoms with Crippen LogP contribution in [0.4, 0.5) is 0 Å². The predicted molar refractivity (Wildman–Crippen MR) is 230 cm³/mol. The Morgan fingerprint density at radius 1 is 0.473 bits per heavy atom. The molecule has 0 atom stereocenters. The summed E-state index contributed by atoms with van der Waals surface area (Å²) in [5.74, 6) is 0. The van der Waals surface area contributed by atoms with Crippen LogP contribution in [-0.2, 0) is 6.42 Å². The fourth-order valence-corrected chi connectivity index (χ4v) is 8.79. The fraction of sp³-hybridized carbons (Fsp3) is 0.157. The Kier molecular flexibility index (Phi) is 8.22. The summed E-state index contributed by atoms with van der Waals surface area (Å²) >= 11 is 0. The quantitative estimate of drug-likeness (QED) is 0.133. The molecule has 4 heteroatoms. The monoisotopic (exact) mass is 711 g/mol. The van der Waals surface area contributed by atoms with E-state index in [1.807, 2.05) is 12.1 Å². The minimum atomic E-state index is 0.661. The first kappa shape index (κ1) is 33.0. The molecular formula is C51H41N3O. The van der Waals surface area contributed by atoms with Crippen LogP contribution in [0.5, 0.6) is 0 Å². The number of nitrogens with zero attached hydrogens (tertiary/aromatic N) is 3. The number of fused-ring (bicyclic) bond motifs is 9. The molecule has 0 bridgehead atoms. The molecule has 0 radical (unpaired) electrons. The topological polar surface area (TPSA) is 46.8 Å². The number of aryl methyl sites for hydroxylation is 1. The molecule has 0 fully saturated rings. The zero-order valence-electron chi connectivity index (χ0n) is 31.1. The van der Waals surface area contributed by atoms with E-state index in [4.69, 9.17) is 4.42 Å². The molecule has 0 aliphatic heterocycles. The molecule has 0 N–H and O–H groups in total. The molecule has 4 nitrogen and oxygen atoms in total. The van der Waals surface area contributed by atoms with Crippen molar-refractivity contribution >= 4 is 65.6 Å². The summed E-state index contributed by atoms with van der Waals surface area (Å²) in [5, 5.41) is 16.6. The van der Waals surface area contributed by atoms with Crippen LogP contribution in [0.2, 0.25) is 0 Å². The summed E-state index contributed by atoms with van der Waals surface area (Å²) in [5.41, 5.74) is 13.0. The maximum absolute atomic E-state index is 9.63. The molecule has 0 saturated carbocycles. The number of furan rings is 1. The highest BCUT2D eigenvalue weighted by Crippen LogP contribution is 2.38. The van der Waals surface area contributed by atoms with Gasteiger partial charge in [0.2, 0.25) is 0 Å². The van der Waals surface area contributed by atoms with E-state index in [0.29, 0.717) is 5.56 Å². The number of para-hydroxylation sites is 2. The first-order valence-corrected chi connectivity index (χ1v) is 19.7. The molecule has 0 amide bonds. The molecule has 10 rings (SSSR count). The van der Waals surface area contributed by atoms with Crippen LogP contribution < -0.4 is 0 Å². The highest BCUT2D eigenvalue weighted by atomic mass is 16.3. The first-order chi connectivity index (χ1) is 27.2. The standard InChI is InChI=1S/C51H41N3O/c1-2-3-4-5-6-7-13-34-20-24-48-42(28-34)40-16-8-10-18-46(40)53(48)38-15-12-14-36(30-38)37-22-26-50-44(31-37)45-32-39(23-27-51(45)55-50)54-47-19-11-9-17-41(47)43-29-35(33-52)21-25-49(43)54/h8-12,14-32H,2-7,13H2,1H3. The molecule has 266 valence electrons. The third kappa shape index (κ3) is 5.67. The molecule has 0 unspecified atom stereocenters. The number of unbranched alkanes of at least 4 members (excludes halogenated alkanes) is 5. The van der Waals surface area contributed by atoms with E-state index >= 15 is 0 Å². The van der Waals surface area contributed by atoms with Gasteiger partial charge in [-0.15, -0.1) is 0 Å². The Bertz CT molecular complexity index is 3110. The third-order valence-corrected chi connectivity index (χ3v) is 11.5. The molecule has 0 spiro atoms. The number of hydrogen-bond donors (Lipinski definition) is 0. The second-order valence-corrected chi connectivity index (χ2v) is 15.0. The van der Waals surface area contributed by atoms with Gasteiger partial charge in [0.25, 0.3) is 0 Å². The summed E-state index contributed by atoms with van der Waals surface area (Å²) in [6.07, 6.45) is 9.01. The van der Waals surface area contributed by atoms with Crippen molar-refractivity contribution in [3.8, 4) is 28.6 Å². The summed E-state index contributed by atoms with van der Waals surface area (Å²) in [6.45, 7) is 2.28. The van der Waals surface area contributed by atoms with Gasteiger partial charge in [0.1, 0.15) is 11.2 Å². The zero-order valence-corrected chi connectivity index (χ0v) is 31.1. The normalized spacial score (nSPS) is 11.9. The number of benzene rings is 7. The van der Waals surface area contributed by atoms with Crippen LogP contribution in [0, 0.1) is 11.3 Å². The smallest absolute Gasteiger partial charge is 0.135 e. The van der Waals surface area contributed by atoms with Crippen LogP contribution in [-0.4, -0.2) is 9.13 Å². The average molecular weight is 712 g/mol. The predicted octanol–water partition coefficient (Wildman–Crippen LogP) is 14.2. The van der Waals surface area contributed by atoms with Crippen molar-refractivity contribution < 1.29 is 4.42 Å². The van der Waals surface area contributed by atoms with Gasteiger partial charge in [-0.3, -0.25) is 0 Å². The van der Waals surface area contributed by atoms with Gasteiger partial charge in [0.05, 0.1) is 33.7 Å². The molecule has 0 aliphatic carbocycles. The van der Waals surface area contributed by atoms with E-state index in [9.17, 15) is 5.26 Å². The summed E-state index contributed by atoms with van der Waals surface area (Å²) in [4.78, 5) is 0. The van der Waals surface area contributed by atoms with E-state index in [1.165, 1.54) is 65.9 Å². The van der Waals surface area contributed by atoms with Crippen molar-refractivity contribution in [1.29, 1.82) is 5.26 Å². The van der Waals surface area contributed by atoms with Crippen molar-refractivity contribution in [3.63, 3.8) is 0 Å². The lowest BCUT2D eigenvalue weighted by molar-refractivity contribution is 0.607. The van der Waals surface area contributed by atoms with Crippen LogP contribution in [0.15, 0.2) is 150 Å². The van der Waals surface area contributed by atoms with Crippen LogP contribution in [0.1, 0.15) is 56.6 Å². The van der Waals surface area contributed by atoms with Gasteiger partial charge in [0, 0.05) is 43.7 Å². The van der Waals surface area contributed by atoms with Gasteiger partial charge >= 0.3 is 0 Å². The fourth-order valence-electron chi connectivity index (χ4n) is 8.79. The molecule has 0 saturated heterocycles. The first-order valence-electron chi connectivity index (χ1n) is 19.7. The van der Waals surface area contributed by atoms with Crippen molar-refractivity contribution in [2.45, 2.75) is 51.9 Å². The van der Waals surface area contributed by atoms with Gasteiger partial charge in [0.15, 0.2) is 0 Å². The van der Waals surface area contributed by atoms with E-state index in [-0.39, 0.29) is 0 Å². The molecule has 7 aromatic carbocycles. The Hall–Kier alpha value is -6.57. The van der Waals surface area contributed by atoms with Crippen molar-refractivity contribution in [3.05, 3.63) is 157 Å². The summed E-state index contributed by atoms with van der Waals surface area (Å²) in [7, 11) is 0. The van der Waals surface area contributed by atoms with Crippen molar-refractivity contribution in [1.82, 2.24) is 9.13 Å². The van der Waals surface area contributed by atoms with Crippen LogP contribution in [0.3, 0.4) is 0 Å². The van der Waals surface area contributed by atoms with Gasteiger partial charge in [-0.05, 0) is 114 Å². The van der Waals surface area contributed by atoms with Crippen LogP contribution >= 0.6 is 0 Å². The Morgan fingerprint density at radius 2 is 1.09 bits per heavy atom. The van der Waals surface area contributed by atoms with E-state index in [0.717, 1.165) is 72.7 Å². The Labute approximate surface area is 320 Å². The summed E-state index contributed by atoms with van der Waals surface area (Å²) < 4.78 is 11.1.